The number of pyridine rings is 1. The van der Waals surface area contributed by atoms with E-state index in [0.717, 1.165) is 19.5 Å². The second kappa shape index (κ2) is 7.96. The van der Waals surface area contributed by atoms with Crippen molar-refractivity contribution in [3.05, 3.63) is 53.7 Å². The van der Waals surface area contributed by atoms with Gasteiger partial charge in [0, 0.05) is 56.1 Å². The van der Waals surface area contributed by atoms with Crippen LogP contribution in [0.3, 0.4) is 0 Å². The summed E-state index contributed by atoms with van der Waals surface area (Å²) in [5, 5.41) is 0. The molecule has 0 aliphatic carbocycles. The predicted octanol–water partition coefficient (Wildman–Crippen LogP) is 2.52. The Hall–Kier alpha value is -2.60. The number of piperazine rings is 1. The maximum Gasteiger partial charge on any atom is 0.254 e. The minimum absolute atomic E-state index is 0.0285. The van der Waals surface area contributed by atoms with Crippen molar-refractivity contribution in [2.24, 2.45) is 0 Å². The van der Waals surface area contributed by atoms with Gasteiger partial charge < -0.3 is 19.3 Å². The van der Waals surface area contributed by atoms with Crippen molar-refractivity contribution >= 4 is 11.6 Å². The van der Waals surface area contributed by atoms with Crippen LogP contribution in [-0.4, -0.2) is 61.3 Å². The third-order valence-electron chi connectivity index (χ3n) is 5.09. The van der Waals surface area contributed by atoms with Gasteiger partial charge >= 0.3 is 0 Å². The number of ether oxygens (including phenoxy) is 2. The first-order chi connectivity index (χ1) is 13.2. The zero-order valence-electron chi connectivity index (χ0n) is 15.6. The molecule has 1 unspecified atom stereocenters. The van der Waals surface area contributed by atoms with Gasteiger partial charge in [-0.3, -0.25) is 4.79 Å². The largest absolute Gasteiger partial charge is 0.472 e. The van der Waals surface area contributed by atoms with Gasteiger partial charge in [0.2, 0.25) is 5.88 Å². The van der Waals surface area contributed by atoms with Gasteiger partial charge in [0.15, 0.2) is 0 Å². The van der Waals surface area contributed by atoms with E-state index < -0.39 is 0 Å². The highest BCUT2D eigenvalue weighted by atomic mass is 16.5. The lowest BCUT2D eigenvalue weighted by Crippen LogP contribution is -2.48. The van der Waals surface area contributed by atoms with Crippen molar-refractivity contribution in [3.63, 3.8) is 0 Å². The van der Waals surface area contributed by atoms with E-state index in [9.17, 15) is 4.79 Å². The Morgan fingerprint density at radius 3 is 2.78 bits per heavy atom. The number of anilines is 1. The highest BCUT2D eigenvalue weighted by Crippen LogP contribution is 2.20. The van der Waals surface area contributed by atoms with Crippen molar-refractivity contribution in [2.75, 3.05) is 44.3 Å². The van der Waals surface area contributed by atoms with Gasteiger partial charge in [-0.1, -0.05) is 12.1 Å². The average molecular weight is 367 g/mol. The number of carbonyl (C=O) groups excluding carboxylic acids is 1. The van der Waals surface area contributed by atoms with Gasteiger partial charge in [-0.2, -0.15) is 0 Å². The van der Waals surface area contributed by atoms with Crippen molar-refractivity contribution < 1.29 is 14.3 Å². The lowest BCUT2D eigenvalue weighted by Gasteiger charge is -2.36. The molecule has 2 aliphatic heterocycles. The van der Waals surface area contributed by atoms with Gasteiger partial charge in [-0.15, -0.1) is 0 Å². The molecular formula is C21H25N3O3. The van der Waals surface area contributed by atoms with E-state index in [1.807, 2.05) is 4.90 Å². The molecular weight excluding hydrogens is 342 g/mol. The third kappa shape index (κ3) is 4.22. The average Bonchev–Trinajstić information content (AvgIpc) is 3.21. The van der Waals surface area contributed by atoms with E-state index in [2.05, 4.69) is 41.1 Å². The molecule has 0 bridgehead atoms. The number of amides is 1. The molecule has 1 aromatic carbocycles. The van der Waals surface area contributed by atoms with Gasteiger partial charge in [-0.05, 0) is 30.7 Å². The minimum atomic E-state index is 0.0285. The zero-order chi connectivity index (χ0) is 18.6. The van der Waals surface area contributed by atoms with Crippen LogP contribution in [0.2, 0.25) is 0 Å². The van der Waals surface area contributed by atoms with Crippen LogP contribution in [0.25, 0.3) is 0 Å². The molecule has 0 N–H and O–H groups in total. The van der Waals surface area contributed by atoms with Crippen LogP contribution < -0.4 is 9.64 Å². The summed E-state index contributed by atoms with van der Waals surface area (Å²) in [6.45, 7) is 6.49. The quantitative estimate of drug-likeness (QED) is 0.831. The number of hydrogen-bond acceptors (Lipinski definition) is 5. The standard InChI is InChI=1S/C21H25N3O3/c1-16-3-2-4-18(13-16)23-8-10-24(11-9-23)21(25)17-5-7-22-20(14-17)27-19-6-12-26-15-19/h2-5,7,13-14,19H,6,8-12,15H2,1H3. The maximum atomic E-state index is 12.9. The fourth-order valence-electron chi connectivity index (χ4n) is 3.56. The van der Waals surface area contributed by atoms with Crippen LogP contribution in [-0.2, 0) is 4.74 Å². The number of carbonyl (C=O) groups is 1. The molecule has 1 atom stereocenters. The predicted molar refractivity (Wildman–Crippen MR) is 103 cm³/mol. The minimum Gasteiger partial charge on any atom is -0.472 e. The molecule has 6 heteroatoms. The summed E-state index contributed by atoms with van der Waals surface area (Å²) in [6, 6.07) is 12.0. The molecule has 2 aromatic rings. The van der Waals surface area contributed by atoms with Crippen molar-refractivity contribution in [2.45, 2.75) is 19.4 Å². The molecule has 0 radical (unpaired) electrons. The van der Waals surface area contributed by atoms with Crippen molar-refractivity contribution in [3.8, 4) is 5.88 Å². The summed E-state index contributed by atoms with van der Waals surface area (Å²) >= 11 is 0. The van der Waals surface area contributed by atoms with Crippen LogP contribution in [0, 0.1) is 6.92 Å². The second-order valence-corrected chi connectivity index (χ2v) is 7.10. The van der Waals surface area contributed by atoms with E-state index in [1.165, 1.54) is 11.3 Å². The van der Waals surface area contributed by atoms with Crippen molar-refractivity contribution in [1.82, 2.24) is 9.88 Å². The van der Waals surface area contributed by atoms with Crippen LogP contribution in [0.4, 0.5) is 5.69 Å². The molecule has 6 nitrogen and oxygen atoms in total. The Balaban J connectivity index is 1.37. The maximum absolute atomic E-state index is 12.9. The topological polar surface area (TPSA) is 54.9 Å². The summed E-state index contributed by atoms with van der Waals surface area (Å²) in [7, 11) is 0. The first-order valence-corrected chi connectivity index (χ1v) is 9.50. The highest BCUT2D eigenvalue weighted by Gasteiger charge is 2.23. The molecule has 27 heavy (non-hydrogen) atoms. The van der Waals surface area contributed by atoms with Gasteiger partial charge in [0.25, 0.3) is 5.91 Å². The number of aromatic nitrogens is 1. The van der Waals surface area contributed by atoms with Crippen LogP contribution in [0.15, 0.2) is 42.6 Å². The fourth-order valence-corrected chi connectivity index (χ4v) is 3.56. The zero-order valence-corrected chi connectivity index (χ0v) is 15.6. The molecule has 0 saturated carbocycles. The Morgan fingerprint density at radius 2 is 2.04 bits per heavy atom. The summed E-state index contributed by atoms with van der Waals surface area (Å²) in [6.07, 6.45) is 2.53. The number of benzene rings is 1. The molecule has 2 aliphatic rings. The summed E-state index contributed by atoms with van der Waals surface area (Å²) in [4.78, 5) is 21.4. The van der Waals surface area contributed by atoms with E-state index in [4.69, 9.17) is 9.47 Å². The third-order valence-corrected chi connectivity index (χ3v) is 5.09. The molecule has 1 amide bonds. The summed E-state index contributed by atoms with van der Waals surface area (Å²) in [5.74, 6) is 0.531. The fraction of sp³-hybridized carbons (Fsp3) is 0.429. The first-order valence-electron chi connectivity index (χ1n) is 9.50. The van der Waals surface area contributed by atoms with Crippen LogP contribution in [0.1, 0.15) is 22.3 Å². The molecule has 0 spiro atoms. The lowest BCUT2D eigenvalue weighted by molar-refractivity contribution is 0.0745. The second-order valence-electron chi connectivity index (χ2n) is 7.10. The molecule has 2 saturated heterocycles. The monoisotopic (exact) mass is 367 g/mol. The normalized spacial score (nSPS) is 20.0. The molecule has 142 valence electrons. The van der Waals surface area contributed by atoms with E-state index in [-0.39, 0.29) is 12.0 Å². The number of nitrogens with zero attached hydrogens (tertiary/aromatic N) is 3. The first kappa shape index (κ1) is 17.8. The van der Waals surface area contributed by atoms with Gasteiger partial charge in [-0.25, -0.2) is 4.98 Å². The van der Waals surface area contributed by atoms with Crippen LogP contribution in [0.5, 0.6) is 5.88 Å². The Kier molecular flexibility index (Phi) is 5.25. The Morgan fingerprint density at radius 1 is 1.19 bits per heavy atom. The van der Waals surface area contributed by atoms with Gasteiger partial charge in [0.1, 0.15) is 6.10 Å². The summed E-state index contributed by atoms with van der Waals surface area (Å²) < 4.78 is 11.1. The Labute approximate surface area is 159 Å². The lowest BCUT2D eigenvalue weighted by atomic mass is 10.1. The molecule has 1 aromatic heterocycles. The molecule has 2 fully saturated rings. The van der Waals surface area contributed by atoms with E-state index in [1.54, 1.807) is 18.3 Å². The molecule has 3 heterocycles. The number of hydrogen-bond donors (Lipinski definition) is 0. The van der Waals surface area contributed by atoms with Crippen LogP contribution >= 0.6 is 0 Å². The summed E-state index contributed by atoms with van der Waals surface area (Å²) in [5.41, 5.74) is 3.10. The Bertz CT molecular complexity index is 797. The smallest absolute Gasteiger partial charge is 0.254 e. The number of rotatable bonds is 4. The van der Waals surface area contributed by atoms with E-state index in [0.29, 0.717) is 37.7 Å². The molecule has 4 rings (SSSR count). The van der Waals surface area contributed by atoms with Gasteiger partial charge in [0.05, 0.1) is 13.2 Å². The number of aryl methyl sites for hydroxylation is 1. The SMILES string of the molecule is Cc1cccc(N2CCN(C(=O)c3ccnc(OC4CCOC4)c3)CC2)c1. The highest BCUT2D eigenvalue weighted by molar-refractivity contribution is 5.94. The van der Waals surface area contributed by atoms with Crippen molar-refractivity contribution in [1.29, 1.82) is 0 Å². The van der Waals surface area contributed by atoms with E-state index >= 15 is 0 Å².